The van der Waals surface area contributed by atoms with Crippen LogP contribution in [0.5, 0.6) is 5.75 Å². The van der Waals surface area contributed by atoms with E-state index in [0.29, 0.717) is 18.8 Å². The zero-order chi connectivity index (χ0) is 23.0. The Kier molecular flexibility index (Phi) is 7.24. The summed E-state index contributed by atoms with van der Waals surface area (Å²) in [4.78, 5) is 29.0. The van der Waals surface area contributed by atoms with Gasteiger partial charge >= 0.3 is 0 Å². The number of ether oxygens (including phenoxy) is 1. The lowest BCUT2D eigenvalue weighted by atomic mass is 10.2. The van der Waals surface area contributed by atoms with Crippen LogP contribution in [0, 0.1) is 6.92 Å². The smallest absolute Gasteiger partial charge is 0.244 e. The van der Waals surface area contributed by atoms with E-state index in [0.717, 1.165) is 18.8 Å². The van der Waals surface area contributed by atoms with Gasteiger partial charge in [0.2, 0.25) is 11.8 Å². The maximum absolute atomic E-state index is 12.7. The largest absolute Gasteiger partial charge is 0.493 e. The van der Waals surface area contributed by atoms with Crippen molar-refractivity contribution in [2.45, 2.75) is 19.9 Å². The van der Waals surface area contributed by atoms with Crippen LogP contribution in [0.25, 0.3) is 0 Å². The van der Waals surface area contributed by atoms with Gasteiger partial charge in [0, 0.05) is 38.1 Å². The Bertz CT molecular complexity index is 1060. The first-order valence-corrected chi connectivity index (χ1v) is 11.2. The van der Waals surface area contributed by atoms with Gasteiger partial charge in [-0.25, -0.2) is 0 Å². The van der Waals surface area contributed by atoms with Gasteiger partial charge in [-0.15, -0.1) is 0 Å². The van der Waals surface area contributed by atoms with Crippen LogP contribution in [0.2, 0.25) is 0 Å². The molecule has 172 valence electrons. The Morgan fingerprint density at radius 2 is 1.73 bits per heavy atom. The standard InChI is InChI=1S/C25H29N5O3/c1-20-7-9-22(10-8-20)28-12-14-29(15-13-28)25(32)19-30-18-21(17-26-30)27-24(31)11-16-33-23-5-3-2-4-6-23/h2-10,17-18H,11-16,19H2,1H3,(H,27,31). The third-order valence-corrected chi connectivity index (χ3v) is 5.59. The number of hydrogen-bond acceptors (Lipinski definition) is 5. The number of rotatable bonds is 8. The summed E-state index contributed by atoms with van der Waals surface area (Å²) in [5, 5.41) is 7.01. The Morgan fingerprint density at radius 1 is 1.00 bits per heavy atom. The molecular weight excluding hydrogens is 418 g/mol. The van der Waals surface area contributed by atoms with E-state index in [9.17, 15) is 9.59 Å². The summed E-state index contributed by atoms with van der Waals surface area (Å²) < 4.78 is 7.11. The molecule has 2 heterocycles. The van der Waals surface area contributed by atoms with Crippen molar-refractivity contribution >= 4 is 23.2 Å². The first-order chi connectivity index (χ1) is 16.1. The van der Waals surface area contributed by atoms with E-state index in [4.69, 9.17) is 4.74 Å². The van der Waals surface area contributed by atoms with Crippen LogP contribution in [-0.2, 0) is 16.1 Å². The minimum atomic E-state index is -0.163. The summed E-state index contributed by atoms with van der Waals surface area (Å²) in [6.07, 6.45) is 3.46. The summed E-state index contributed by atoms with van der Waals surface area (Å²) in [6.45, 7) is 5.49. The number of carbonyl (C=O) groups is 2. The van der Waals surface area contributed by atoms with Crippen molar-refractivity contribution in [1.82, 2.24) is 14.7 Å². The van der Waals surface area contributed by atoms with Gasteiger partial charge < -0.3 is 19.9 Å². The van der Waals surface area contributed by atoms with Crippen molar-refractivity contribution in [2.75, 3.05) is 43.0 Å². The van der Waals surface area contributed by atoms with Crippen LogP contribution < -0.4 is 15.0 Å². The van der Waals surface area contributed by atoms with E-state index in [1.165, 1.54) is 11.3 Å². The van der Waals surface area contributed by atoms with Crippen molar-refractivity contribution < 1.29 is 14.3 Å². The molecule has 33 heavy (non-hydrogen) atoms. The van der Waals surface area contributed by atoms with Gasteiger partial charge in [0.25, 0.3) is 0 Å². The Morgan fingerprint density at radius 3 is 2.45 bits per heavy atom. The number of para-hydroxylation sites is 1. The van der Waals surface area contributed by atoms with Crippen LogP contribution in [0.4, 0.5) is 11.4 Å². The fourth-order valence-corrected chi connectivity index (χ4v) is 3.72. The number of anilines is 2. The number of carbonyl (C=O) groups excluding carboxylic acids is 2. The minimum absolute atomic E-state index is 0.0239. The molecule has 0 spiro atoms. The number of hydrogen-bond donors (Lipinski definition) is 1. The van der Waals surface area contributed by atoms with Crippen molar-refractivity contribution in [1.29, 1.82) is 0 Å². The number of nitrogens with one attached hydrogen (secondary N) is 1. The van der Waals surface area contributed by atoms with E-state index in [1.807, 2.05) is 35.2 Å². The summed E-state index contributed by atoms with van der Waals surface area (Å²) >= 11 is 0. The van der Waals surface area contributed by atoms with Crippen LogP contribution in [-0.4, -0.2) is 59.3 Å². The molecule has 0 atom stereocenters. The SMILES string of the molecule is Cc1ccc(N2CCN(C(=O)Cn3cc(NC(=O)CCOc4ccccc4)cn3)CC2)cc1. The van der Waals surface area contributed by atoms with Gasteiger partial charge in [-0.05, 0) is 31.2 Å². The molecule has 1 aromatic heterocycles. The summed E-state index contributed by atoms with van der Waals surface area (Å²) in [6, 6.07) is 17.8. The maximum Gasteiger partial charge on any atom is 0.244 e. The second kappa shape index (κ2) is 10.7. The predicted molar refractivity (Wildman–Crippen MR) is 127 cm³/mol. The molecular formula is C25H29N5O3. The topological polar surface area (TPSA) is 79.7 Å². The average molecular weight is 448 g/mol. The second-order valence-corrected chi connectivity index (χ2v) is 8.09. The zero-order valence-electron chi connectivity index (χ0n) is 18.8. The fraction of sp³-hybridized carbons (Fsp3) is 0.320. The molecule has 0 saturated carbocycles. The third-order valence-electron chi connectivity index (χ3n) is 5.59. The molecule has 8 heteroatoms. The Hall–Kier alpha value is -3.81. The summed E-state index contributed by atoms with van der Waals surface area (Å²) in [7, 11) is 0. The molecule has 1 aliphatic heterocycles. The van der Waals surface area contributed by atoms with Crippen LogP contribution in [0.15, 0.2) is 67.0 Å². The first-order valence-electron chi connectivity index (χ1n) is 11.2. The van der Waals surface area contributed by atoms with Crippen LogP contribution in [0.3, 0.4) is 0 Å². The number of piperazine rings is 1. The average Bonchev–Trinajstić information content (AvgIpc) is 3.27. The number of aromatic nitrogens is 2. The molecule has 2 amide bonds. The Labute approximate surface area is 193 Å². The molecule has 1 saturated heterocycles. The molecule has 1 aliphatic rings. The van der Waals surface area contributed by atoms with E-state index >= 15 is 0 Å². The van der Waals surface area contributed by atoms with Crippen molar-refractivity contribution in [2.24, 2.45) is 0 Å². The monoisotopic (exact) mass is 447 g/mol. The highest BCUT2D eigenvalue weighted by atomic mass is 16.5. The van der Waals surface area contributed by atoms with E-state index in [1.54, 1.807) is 17.1 Å². The minimum Gasteiger partial charge on any atom is -0.493 e. The van der Waals surface area contributed by atoms with Crippen molar-refractivity contribution in [3.63, 3.8) is 0 Å². The molecule has 0 unspecified atom stereocenters. The number of aryl methyl sites for hydroxylation is 1. The van der Waals surface area contributed by atoms with Crippen molar-refractivity contribution in [3.05, 3.63) is 72.6 Å². The highest BCUT2D eigenvalue weighted by molar-refractivity contribution is 5.90. The van der Waals surface area contributed by atoms with Gasteiger partial charge in [-0.1, -0.05) is 35.9 Å². The van der Waals surface area contributed by atoms with Crippen LogP contribution in [0.1, 0.15) is 12.0 Å². The van der Waals surface area contributed by atoms with Gasteiger partial charge in [0.15, 0.2) is 0 Å². The Balaban J connectivity index is 1.19. The van der Waals surface area contributed by atoms with Gasteiger partial charge in [0.05, 0.1) is 24.9 Å². The highest BCUT2D eigenvalue weighted by Gasteiger charge is 2.21. The second-order valence-electron chi connectivity index (χ2n) is 8.09. The molecule has 2 aromatic carbocycles. The zero-order valence-corrected chi connectivity index (χ0v) is 18.8. The molecule has 4 rings (SSSR count). The fourth-order valence-electron chi connectivity index (χ4n) is 3.72. The molecule has 0 bridgehead atoms. The quantitative estimate of drug-likeness (QED) is 0.574. The molecule has 1 N–H and O–H groups in total. The van der Waals surface area contributed by atoms with E-state index in [2.05, 4.69) is 46.5 Å². The predicted octanol–water partition coefficient (Wildman–Crippen LogP) is 2.95. The number of amides is 2. The van der Waals surface area contributed by atoms with Gasteiger partial charge in [0.1, 0.15) is 12.3 Å². The first kappa shape index (κ1) is 22.4. The lowest BCUT2D eigenvalue weighted by Crippen LogP contribution is -2.49. The molecule has 1 fully saturated rings. The van der Waals surface area contributed by atoms with Gasteiger partial charge in [-0.3, -0.25) is 14.3 Å². The van der Waals surface area contributed by atoms with Crippen molar-refractivity contribution in [3.8, 4) is 5.75 Å². The molecule has 0 aliphatic carbocycles. The van der Waals surface area contributed by atoms with E-state index < -0.39 is 0 Å². The summed E-state index contributed by atoms with van der Waals surface area (Å²) in [5.41, 5.74) is 2.99. The lowest BCUT2D eigenvalue weighted by molar-refractivity contribution is -0.132. The summed E-state index contributed by atoms with van der Waals surface area (Å²) in [5.74, 6) is 0.594. The van der Waals surface area contributed by atoms with Crippen LogP contribution >= 0.6 is 0 Å². The number of benzene rings is 2. The van der Waals surface area contributed by atoms with Gasteiger partial charge in [-0.2, -0.15) is 5.10 Å². The number of nitrogens with zero attached hydrogens (tertiary/aromatic N) is 4. The maximum atomic E-state index is 12.7. The molecule has 8 nitrogen and oxygen atoms in total. The molecule has 0 radical (unpaired) electrons. The molecule has 3 aromatic rings. The third kappa shape index (κ3) is 6.35. The normalized spacial score (nSPS) is 13.6. The van der Waals surface area contributed by atoms with E-state index in [-0.39, 0.29) is 31.4 Å². The lowest BCUT2D eigenvalue weighted by Gasteiger charge is -2.36. The highest BCUT2D eigenvalue weighted by Crippen LogP contribution is 2.17.